The van der Waals surface area contributed by atoms with E-state index in [2.05, 4.69) is 0 Å². The van der Waals surface area contributed by atoms with Crippen LogP contribution in [0.3, 0.4) is 0 Å². The summed E-state index contributed by atoms with van der Waals surface area (Å²) < 4.78 is 73.1. The Morgan fingerprint density at radius 1 is 1.03 bits per heavy atom. The molecule has 0 spiro atoms. The van der Waals surface area contributed by atoms with E-state index in [9.17, 15) is 21.9 Å². The van der Waals surface area contributed by atoms with Crippen molar-refractivity contribution in [3.8, 4) is 0 Å². The minimum atomic E-state index is -3.89. The van der Waals surface area contributed by atoms with Gasteiger partial charge < -0.3 is 19.3 Å². The number of ether oxygens (including phenoxy) is 3. The summed E-state index contributed by atoms with van der Waals surface area (Å²) in [5.41, 5.74) is -0.846. The van der Waals surface area contributed by atoms with Crippen molar-refractivity contribution in [3.05, 3.63) is 35.9 Å². The fourth-order valence-corrected chi connectivity index (χ4v) is 3.87. The van der Waals surface area contributed by atoms with Gasteiger partial charge in [-0.1, -0.05) is 30.3 Å². The van der Waals surface area contributed by atoms with Crippen LogP contribution in [0.2, 0.25) is 0 Å². The minimum Gasteiger partial charge on any atom is -0.396 e. The summed E-state index contributed by atoms with van der Waals surface area (Å²) in [5.74, 6) is -0.741. The van der Waals surface area contributed by atoms with Crippen molar-refractivity contribution < 1.29 is 44.5 Å². The second-order valence-corrected chi connectivity index (χ2v) is 10.1. The summed E-state index contributed by atoms with van der Waals surface area (Å²) in [6, 6.07) is 9.11. The maximum atomic E-state index is 11.6. The maximum absolute atomic E-state index is 11.6. The number of aliphatic hydroxyl groups is 1. The molecule has 1 saturated heterocycles. The molecule has 2 rings (SSSR count). The SMILES string of the molecule is CO[C@@H]1OC(COS(C)(=O)=O)(COS(C)(=O)=O)[C@H](OCc2ccccc2)C1CO. The molecule has 0 amide bonds. The molecule has 12 heteroatoms. The van der Waals surface area contributed by atoms with Gasteiger partial charge in [0.25, 0.3) is 20.2 Å². The second kappa shape index (κ2) is 9.79. The van der Waals surface area contributed by atoms with E-state index >= 15 is 0 Å². The van der Waals surface area contributed by atoms with Crippen LogP contribution in [0.25, 0.3) is 0 Å². The number of benzene rings is 1. The van der Waals surface area contributed by atoms with Gasteiger partial charge in [0.1, 0.15) is 24.9 Å². The monoisotopic (exact) mass is 454 g/mol. The topological polar surface area (TPSA) is 135 Å². The molecule has 1 unspecified atom stereocenters. The molecule has 10 nitrogen and oxygen atoms in total. The largest absolute Gasteiger partial charge is 0.396 e. The van der Waals surface area contributed by atoms with Gasteiger partial charge in [0.05, 0.1) is 31.6 Å². The number of hydrogen-bond acceptors (Lipinski definition) is 10. The Balaban J connectivity index is 2.36. The predicted molar refractivity (Wildman–Crippen MR) is 102 cm³/mol. The molecular weight excluding hydrogens is 428 g/mol. The van der Waals surface area contributed by atoms with Crippen molar-refractivity contribution in [1.29, 1.82) is 0 Å². The molecule has 166 valence electrons. The van der Waals surface area contributed by atoms with Crippen molar-refractivity contribution in [2.75, 3.05) is 39.4 Å². The molecule has 1 fully saturated rings. The van der Waals surface area contributed by atoms with Gasteiger partial charge in [-0.2, -0.15) is 16.8 Å². The third-order valence-corrected chi connectivity index (χ3v) is 5.45. The molecule has 1 N–H and O–H groups in total. The van der Waals surface area contributed by atoms with Crippen molar-refractivity contribution in [3.63, 3.8) is 0 Å². The summed E-state index contributed by atoms with van der Waals surface area (Å²) in [6.07, 6.45) is -0.276. The fraction of sp³-hybridized carbons (Fsp3) is 0.647. The van der Waals surface area contributed by atoms with Crippen LogP contribution in [0.4, 0.5) is 0 Å². The van der Waals surface area contributed by atoms with Gasteiger partial charge in [0, 0.05) is 7.11 Å². The Kier molecular flexibility index (Phi) is 8.15. The number of aliphatic hydroxyl groups excluding tert-OH is 1. The van der Waals surface area contributed by atoms with E-state index in [1.165, 1.54) is 7.11 Å². The van der Waals surface area contributed by atoms with Crippen LogP contribution < -0.4 is 0 Å². The molecule has 0 saturated carbocycles. The lowest BCUT2D eigenvalue weighted by molar-refractivity contribution is -0.194. The van der Waals surface area contributed by atoms with Gasteiger partial charge in [-0.3, -0.25) is 8.37 Å². The Bertz CT molecular complexity index is 817. The van der Waals surface area contributed by atoms with Crippen LogP contribution >= 0.6 is 0 Å². The number of rotatable bonds is 11. The summed E-state index contributed by atoms with van der Waals surface area (Å²) in [7, 11) is -6.43. The van der Waals surface area contributed by atoms with Crippen molar-refractivity contribution in [2.24, 2.45) is 5.92 Å². The molecule has 0 bridgehead atoms. The van der Waals surface area contributed by atoms with Gasteiger partial charge in [0.2, 0.25) is 0 Å². The number of hydrogen-bond donors (Lipinski definition) is 1. The Hall–Kier alpha value is -1.12. The molecule has 1 heterocycles. The standard InChI is InChI=1S/C17H26O10S2/c1-23-16-14(9-18)15(24-10-13-7-5-4-6-8-13)17(27-16,11-25-28(2,19)20)12-26-29(3,21)22/h4-8,14-16,18H,9-12H2,1-3H3/t14?,15-,16-/m1/s1. The first-order valence-corrected chi connectivity index (χ1v) is 12.3. The van der Waals surface area contributed by atoms with Gasteiger partial charge >= 0.3 is 0 Å². The quantitative estimate of drug-likeness (QED) is 0.451. The third kappa shape index (κ3) is 6.96. The predicted octanol–water partition coefficient (Wildman–Crippen LogP) is -0.126. The van der Waals surface area contributed by atoms with E-state index in [-0.39, 0.29) is 6.61 Å². The summed E-state index contributed by atoms with van der Waals surface area (Å²) in [4.78, 5) is 0. The maximum Gasteiger partial charge on any atom is 0.264 e. The average Bonchev–Trinajstić information content (AvgIpc) is 2.96. The van der Waals surface area contributed by atoms with Gasteiger partial charge in [0.15, 0.2) is 6.29 Å². The molecule has 1 aliphatic heterocycles. The summed E-state index contributed by atoms with van der Waals surface area (Å²) in [5, 5.41) is 9.87. The van der Waals surface area contributed by atoms with Gasteiger partial charge in [-0.05, 0) is 5.56 Å². The zero-order valence-corrected chi connectivity index (χ0v) is 18.0. The Morgan fingerprint density at radius 2 is 1.59 bits per heavy atom. The first-order chi connectivity index (χ1) is 13.5. The molecule has 0 radical (unpaired) electrons. The first kappa shape index (κ1) is 24.2. The average molecular weight is 455 g/mol. The molecule has 29 heavy (non-hydrogen) atoms. The number of methoxy groups -OCH3 is 1. The van der Waals surface area contributed by atoms with Crippen molar-refractivity contribution in [2.45, 2.75) is 24.6 Å². The van der Waals surface area contributed by atoms with E-state index in [4.69, 9.17) is 22.6 Å². The van der Waals surface area contributed by atoms with Crippen LogP contribution in [0.5, 0.6) is 0 Å². The molecule has 0 aliphatic carbocycles. The van der Waals surface area contributed by atoms with Gasteiger partial charge in [-0.25, -0.2) is 0 Å². The van der Waals surface area contributed by atoms with E-state index in [1.54, 1.807) is 0 Å². The van der Waals surface area contributed by atoms with E-state index in [1.807, 2.05) is 30.3 Å². The van der Waals surface area contributed by atoms with Crippen molar-refractivity contribution in [1.82, 2.24) is 0 Å². The zero-order valence-electron chi connectivity index (χ0n) is 16.4. The molecule has 1 aliphatic rings. The van der Waals surface area contributed by atoms with Crippen LogP contribution in [0.1, 0.15) is 5.56 Å². The van der Waals surface area contributed by atoms with Crippen LogP contribution in [-0.2, 0) is 49.4 Å². The molecule has 1 aromatic rings. The lowest BCUT2D eigenvalue weighted by Gasteiger charge is -2.33. The third-order valence-electron chi connectivity index (χ3n) is 4.36. The normalized spacial score (nSPS) is 24.6. The minimum absolute atomic E-state index is 0.0985. The van der Waals surface area contributed by atoms with E-state index < -0.39 is 64.0 Å². The molecule has 1 aromatic carbocycles. The fourth-order valence-electron chi connectivity index (χ4n) is 3.05. The van der Waals surface area contributed by atoms with Crippen LogP contribution in [-0.4, -0.2) is 79.4 Å². The highest BCUT2D eigenvalue weighted by molar-refractivity contribution is 7.86. The summed E-state index contributed by atoms with van der Waals surface area (Å²) >= 11 is 0. The highest BCUT2D eigenvalue weighted by Crippen LogP contribution is 2.39. The molecule has 0 aromatic heterocycles. The molecular formula is C17H26O10S2. The Labute approximate surface area is 170 Å². The Morgan fingerprint density at radius 3 is 2.03 bits per heavy atom. The van der Waals surface area contributed by atoms with E-state index in [0.29, 0.717) is 0 Å². The lowest BCUT2D eigenvalue weighted by Crippen LogP contribution is -2.52. The highest BCUT2D eigenvalue weighted by atomic mass is 32.2. The highest BCUT2D eigenvalue weighted by Gasteiger charge is 2.57. The first-order valence-electron chi connectivity index (χ1n) is 8.65. The lowest BCUT2D eigenvalue weighted by atomic mass is 9.91. The second-order valence-electron chi connectivity index (χ2n) is 6.78. The smallest absolute Gasteiger partial charge is 0.264 e. The van der Waals surface area contributed by atoms with Crippen molar-refractivity contribution >= 4 is 20.2 Å². The van der Waals surface area contributed by atoms with Gasteiger partial charge in [-0.15, -0.1) is 0 Å². The molecule has 3 atom stereocenters. The zero-order chi connectivity index (χ0) is 21.7. The van der Waals surface area contributed by atoms with E-state index in [0.717, 1.165) is 18.1 Å². The van der Waals surface area contributed by atoms with Crippen LogP contribution in [0.15, 0.2) is 30.3 Å². The van der Waals surface area contributed by atoms with Crippen LogP contribution in [0, 0.1) is 5.92 Å². The summed E-state index contributed by atoms with van der Waals surface area (Å²) in [6.45, 7) is -1.49.